The van der Waals surface area contributed by atoms with E-state index in [0.717, 1.165) is 45.8 Å². The molecule has 0 spiro atoms. The smallest absolute Gasteiger partial charge is 0.0521 e. The van der Waals surface area contributed by atoms with Crippen molar-refractivity contribution in [2.24, 2.45) is 5.92 Å². The summed E-state index contributed by atoms with van der Waals surface area (Å²) in [5.74, 6) is 0.637. The van der Waals surface area contributed by atoms with Crippen LogP contribution in [-0.2, 0) is 4.74 Å². The summed E-state index contributed by atoms with van der Waals surface area (Å²) in [7, 11) is 6.47. The highest BCUT2D eigenvalue weighted by atomic mass is 16.5. The first-order chi connectivity index (χ1) is 8.63. The molecule has 1 rings (SSSR count). The van der Waals surface area contributed by atoms with Crippen molar-refractivity contribution in [3.05, 3.63) is 0 Å². The minimum absolute atomic E-state index is 0.637. The number of rotatable bonds is 8. The van der Waals surface area contributed by atoms with E-state index in [1.54, 1.807) is 0 Å². The van der Waals surface area contributed by atoms with E-state index in [1.165, 1.54) is 6.42 Å². The Morgan fingerprint density at radius 2 is 2.00 bits per heavy atom. The molecular formula is C14H31N3O. The van der Waals surface area contributed by atoms with Gasteiger partial charge in [-0.25, -0.2) is 0 Å². The van der Waals surface area contributed by atoms with Crippen molar-refractivity contribution < 1.29 is 4.74 Å². The first-order valence-corrected chi connectivity index (χ1v) is 7.28. The van der Waals surface area contributed by atoms with Gasteiger partial charge in [0, 0.05) is 38.2 Å². The lowest BCUT2D eigenvalue weighted by Crippen LogP contribution is -2.48. The van der Waals surface area contributed by atoms with Gasteiger partial charge < -0.3 is 19.9 Å². The molecule has 1 fully saturated rings. The molecule has 0 aromatic heterocycles. The topological polar surface area (TPSA) is 27.7 Å². The number of ether oxygens (including phenoxy) is 1. The van der Waals surface area contributed by atoms with Crippen molar-refractivity contribution in [3.63, 3.8) is 0 Å². The minimum atomic E-state index is 0.637. The molecule has 2 unspecified atom stereocenters. The third-order valence-corrected chi connectivity index (χ3v) is 3.61. The number of nitrogens with one attached hydrogen (secondary N) is 1. The van der Waals surface area contributed by atoms with Gasteiger partial charge in [-0.3, -0.25) is 0 Å². The monoisotopic (exact) mass is 257 g/mol. The molecule has 0 amide bonds. The molecule has 0 saturated carbocycles. The molecule has 1 N–H and O–H groups in total. The van der Waals surface area contributed by atoms with Crippen LogP contribution in [0.5, 0.6) is 0 Å². The highest BCUT2D eigenvalue weighted by Crippen LogP contribution is 2.16. The molecule has 0 radical (unpaired) electrons. The van der Waals surface area contributed by atoms with Gasteiger partial charge in [-0.2, -0.15) is 0 Å². The predicted octanol–water partition coefficient (Wildman–Crippen LogP) is 0.885. The molecule has 1 heterocycles. The SMILES string of the molecule is CCCNC1CCOCC1CN(C)CCN(C)C. The zero-order valence-corrected chi connectivity index (χ0v) is 12.6. The number of hydrogen-bond donors (Lipinski definition) is 1. The Balaban J connectivity index is 2.31. The Hall–Kier alpha value is -0.160. The molecule has 4 nitrogen and oxygen atoms in total. The van der Waals surface area contributed by atoms with Crippen LogP contribution in [0.1, 0.15) is 19.8 Å². The van der Waals surface area contributed by atoms with Crippen LogP contribution in [0, 0.1) is 5.92 Å². The summed E-state index contributed by atoms with van der Waals surface area (Å²) >= 11 is 0. The van der Waals surface area contributed by atoms with Gasteiger partial charge in [0.15, 0.2) is 0 Å². The molecule has 1 aliphatic rings. The van der Waals surface area contributed by atoms with Gasteiger partial charge in [0.1, 0.15) is 0 Å². The molecule has 4 heteroatoms. The third kappa shape index (κ3) is 6.14. The number of nitrogens with zero attached hydrogens (tertiary/aromatic N) is 2. The van der Waals surface area contributed by atoms with E-state index >= 15 is 0 Å². The van der Waals surface area contributed by atoms with Crippen LogP contribution >= 0.6 is 0 Å². The molecule has 1 aliphatic heterocycles. The summed E-state index contributed by atoms with van der Waals surface area (Å²) in [6, 6.07) is 0.639. The van der Waals surface area contributed by atoms with E-state index in [9.17, 15) is 0 Å². The maximum absolute atomic E-state index is 5.64. The van der Waals surface area contributed by atoms with E-state index in [2.05, 4.69) is 43.2 Å². The van der Waals surface area contributed by atoms with Crippen molar-refractivity contribution in [1.29, 1.82) is 0 Å². The molecule has 0 aromatic rings. The van der Waals surface area contributed by atoms with Crippen molar-refractivity contribution in [2.75, 3.05) is 60.5 Å². The number of likely N-dealkylation sites (N-methyl/N-ethyl adjacent to an activating group) is 2. The zero-order valence-electron chi connectivity index (χ0n) is 12.6. The van der Waals surface area contributed by atoms with E-state index in [-0.39, 0.29) is 0 Å². The fourth-order valence-electron chi connectivity index (χ4n) is 2.44. The van der Waals surface area contributed by atoms with Gasteiger partial charge >= 0.3 is 0 Å². The minimum Gasteiger partial charge on any atom is -0.381 e. The first kappa shape index (κ1) is 15.9. The van der Waals surface area contributed by atoms with Gasteiger partial charge in [-0.1, -0.05) is 6.92 Å². The summed E-state index contributed by atoms with van der Waals surface area (Å²) in [6.07, 6.45) is 2.37. The van der Waals surface area contributed by atoms with Crippen LogP contribution in [0.3, 0.4) is 0 Å². The van der Waals surface area contributed by atoms with Crippen molar-refractivity contribution >= 4 is 0 Å². The van der Waals surface area contributed by atoms with Gasteiger partial charge in [0.25, 0.3) is 0 Å². The Morgan fingerprint density at radius 3 is 2.67 bits per heavy atom. The molecule has 18 heavy (non-hydrogen) atoms. The van der Waals surface area contributed by atoms with Crippen molar-refractivity contribution in [2.45, 2.75) is 25.8 Å². The Bertz CT molecular complexity index is 211. The standard InChI is InChI=1S/C14H31N3O/c1-5-7-15-14-6-10-18-12-13(14)11-17(4)9-8-16(2)3/h13-15H,5-12H2,1-4H3. The second-order valence-corrected chi connectivity index (χ2v) is 5.75. The lowest BCUT2D eigenvalue weighted by molar-refractivity contribution is 0.0193. The summed E-state index contributed by atoms with van der Waals surface area (Å²) in [4.78, 5) is 4.67. The van der Waals surface area contributed by atoms with Crippen LogP contribution in [-0.4, -0.2) is 76.4 Å². The Kier molecular flexibility index (Phi) is 7.82. The largest absolute Gasteiger partial charge is 0.381 e. The molecule has 1 saturated heterocycles. The molecule has 108 valence electrons. The fraction of sp³-hybridized carbons (Fsp3) is 1.00. The van der Waals surface area contributed by atoms with Crippen LogP contribution in [0.15, 0.2) is 0 Å². The van der Waals surface area contributed by atoms with Gasteiger partial charge in [0.2, 0.25) is 0 Å². The van der Waals surface area contributed by atoms with E-state index < -0.39 is 0 Å². The summed E-state index contributed by atoms with van der Waals surface area (Å²) in [6.45, 7) is 8.57. The lowest BCUT2D eigenvalue weighted by Gasteiger charge is -2.35. The van der Waals surface area contributed by atoms with Crippen LogP contribution < -0.4 is 5.32 Å². The highest BCUT2D eigenvalue weighted by molar-refractivity contribution is 4.81. The summed E-state index contributed by atoms with van der Waals surface area (Å²) in [5, 5.41) is 3.67. The maximum atomic E-state index is 5.64. The van der Waals surface area contributed by atoms with E-state index in [1.807, 2.05) is 0 Å². The average Bonchev–Trinajstić information content (AvgIpc) is 2.35. The normalized spacial score (nSPS) is 25.0. The first-order valence-electron chi connectivity index (χ1n) is 7.28. The lowest BCUT2D eigenvalue weighted by atomic mass is 9.95. The van der Waals surface area contributed by atoms with Crippen LogP contribution in [0.25, 0.3) is 0 Å². The third-order valence-electron chi connectivity index (χ3n) is 3.61. The molecule has 0 aromatic carbocycles. The van der Waals surface area contributed by atoms with E-state index in [0.29, 0.717) is 12.0 Å². The Morgan fingerprint density at radius 1 is 1.22 bits per heavy atom. The van der Waals surface area contributed by atoms with Crippen LogP contribution in [0.4, 0.5) is 0 Å². The second-order valence-electron chi connectivity index (χ2n) is 5.75. The Labute approximate surface area is 113 Å². The quantitative estimate of drug-likeness (QED) is 0.699. The summed E-state index contributed by atoms with van der Waals surface area (Å²) < 4.78 is 5.64. The van der Waals surface area contributed by atoms with Crippen LogP contribution in [0.2, 0.25) is 0 Å². The summed E-state index contributed by atoms with van der Waals surface area (Å²) in [5.41, 5.74) is 0. The second kappa shape index (κ2) is 8.86. The molecule has 2 atom stereocenters. The van der Waals surface area contributed by atoms with Gasteiger partial charge in [0.05, 0.1) is 6.61 Å². The highest BCUT2D eigenvalue weighted by Gasteiger charge is 2.25. The fourth-order valence-corrected chi connectivity index (χ4v) is 2.44. The maximum Gasteiger partial charge on any atom is 0.0521 e. The van der Waals surface area contributed by atoms with Crippen molar-refractivity contribution in [1.82, 2.24) is 15.1 Å². The average molecular weight is 257 g/mol. The van der Waals surface area contributed by atoms with Crippen molar-refractivity contribution in [3.8, 4) is 0 Å². The molecule has 0 aliphatic carbocycles. The molecule has 0 bridgehead atoms. The number of hydrogen-bond acceptors (Lipinski definition) is 4. The van der Waals surface area contributed by atoms with Gasteiger partial charge in [-0.15, -0.1) is 0 Å². The van der Waals surface area contributed by atoms with Gasteiger partial charge in [-0.05, 0) is 40.5 Å². The molecular weight excluding hydrogens is 226 g/mol. The zero-order chi connectivity index (χ0) is 13.4. The predicted molar refractivity (Wildman–Crippen MR) is 77.1 cm³/mol. The van der Waals surface area contributed by atoms with E-state index in [4.69, 9.17) is 4.74 Å².